The Morgan fingerprint density at radius 1 is 1.24 bits per heavy atom. The predicted molar refractivity (Wildman–Crippen MR) is 87.0 cm³/mol. The Balaban J connectivity index is 2.55. The number of aromatic nitrogens is 1. The lowest BCUT2D eigenvalue weighted by atomic mass is 10.1. The first-order valence-corrected chi connectivity index (χ1v) is 8.97. The fraction of sp³-hybridized carbons (Fsp3) is 0.667. The molecular formula is C15H27N3O2S. The van der Waals surface area contributed by atoms with Gasteiger partial charge in [0.05, 0.1) is 0 Å². The molecule has 120 valence electrons. The number of rotatable bonds is 9. The Morgan fingerprint density at radius 2 is 1.95 bits per heavy atom. The fourth-order valence-corrected chi connectivity index (χ4v) is 2.88. The van der Waals surface area contributed by atoms with E-state index in [1.54, 1.807) is 12.1 Å². The molecule has 1 unspecified atom stereocenters. The van der Waals surface area contributed by atoms with Crippen molar-refractivity contribution < 1.29 is 8.42 Å². The quantitative estimate of drug-likeness (QED) is 0.712. The molecule has 0 saturated heterocycles. The summed E-state index contributed by atoms with van der Waals surface area (Å²) in [6, 6.07) is 3.65. The summed E-state index contributed by atoms with van der Waals surface area (Å²) in [5, 5.41) is 3.31. The normalized spacial score (nSPS) is 13.4. The maximum absolute atomic E-state index is 11.9. The zero-order valence-electron chi connectivity index (χ0n) is 13.5. The van der Waals surface area contributed by atoms with Crippen molar-refractivity contribution in [1.29, 1.82) is 0 Å². The molecule has 0 bridgehead atoms. The first-order valence-electron chi connectivity index (χ1n) is 7.53. The molecule has 1 aromatic heterocycles. The highest BCUT2D eigenvalue weighted by Gasteiger charge is 2.17. The lowest BCUT2D eigenvalue weighted by Crippen LogP contribution is -2.22. The van der Waals surface area contributed by atoms with Gasteiger partial charge in [-0.2, -0.15) is 0 Å². The van der Waals surface area contributed by atoms with E-state index in [1.807, 2.05) is 0 Å². The Hall–Kier alpha value is -1.14. The molecule has 1 heterocycles. The van der Waals surface area contributed by atoms with Crippen molar-refractivity contribution in [2.24, 2.45) is 0 Å². The van der Waals surface area contributed by atoms with Gasteiger partial charge in [0.25, 0.3) is 0 Å². The molecule has 1 rings (SSSR count). The zero-order valence-corrected chi connectivity index (χ0v) is 14.3. The van der Waals surface area contributed by atoms with E-state index in [-0.39, 0.29) is 4.90 Å². The third-order valence-corrected chi connectivity index (χ3v) is 5.20. The number of unbranched alkanes of at least 4 members (excludes halogenated alkanes) is 3. The van der Waals surface area contributed by atoms with Crippen molar-refractivity contribution >= 4 is 15.8 Å². The highest BCUT2D eigenvalue weighted by molar-refractivity contribution is 7.89. The highest BCUT2D eigenvalue weighted by atomic mass is 32.2. The van der Waals surface area contributed by atoms with E-state index in [1.165, 1.54) is 50.3 Å². The summed E-state index contributed by atoms with van der Waals surface area (Å²) in [4.78, 5) is 4.41. The van der Waals surface area contributed by atoms with Crippen molar-refractivity contribution in [3.05, 3.63) is 18.3 Å². The number of hydrogen-bond acceptors (Lipinski definition) is 4. The molecule has 0 aliphatic rings. The average molecular weight is 313 g/mol. The molecule has 0 radical (unpaired) electrons. The van der Waals surface area contributed by atoms with Crippen molar-refractivity contribution in [2.75, 3.05) is 19.4 Å². The van der Waals surface area contributed by atoms with Crippen LogP contribution >= 0.6 is 0 Å². The molecule has 5 nitrogen and oxygen atoms in total. The van der Waals surface area contributed by atoms with Crippen LogP contribution in [0.25, 0.3) is 0 Å². The summed E-state index contributed by atoms with van der Waals surface area (Å²) < 4.78 is 25.1. The van der Waals surface area contributed by atoms with Crippen LogP contribution in [0.4, 0.5) is 5.82 Å². The van der Waals surface area contributed by atoms with E-state index in [0.717, 1.165) is 12.2 Å². The van der Waals surface area contributed by atoms with E-state index >= 15 is 0 Å². The topological polar surface area (TPSA) is 62.3 Å². The number of hydrogen-bond donors (Lipinski definition) is 1. The Morgan fingerprint density at radius 3 is 2.48 bits per heavy atom. The first kappa shape index (κ1) is 17.9. The van der Waals surface area contributed by atoms with Gasteiger partial charge in [-0.05, 0) is 25.5 Å². The van der Waals surface area contributed by atoms with E-state index < -0.39 is 10.0 Å². The van der Waals surface area contributed by atoms with Crippen LogP contribution in [-0.2, 0) is 10.0 Å². The third kappa shape index (κ3) is 5.63. The van der Waals surface area contributed by atoms with Crippen molar-refractivity contribution in [1.82, 2.24) is 9.29 Å². The summed E-state index contributed by atoms with van der Waals surface area (Å²) in [5.74, 6) is 0.718. The third-order valence-electron chi connectivity index (χ3n) is 3.40. The van der Waals surface area contributed by atoms with E-state index in [4.69, 9.17) is 0 Å². The van der Waals surface area contributed by atoms with Gasteiger partial charge in [-0.15, -0.1) is 0 Å². The fourth-order valence-electron chi connectivity index (χ4n) is 2.03. The van der Waals surface area contributed by atoms with Crippen LogP contribution in [0.5, 0.6) is 0 Å². The molecule has 0 fully saturated rings. The summed E-state index contributed by atoms with van der Waals surface area (Å²) in [6.45, 7) is 4.33. The smallest absolute Gasteiger partial charge is 0.244 e. The molecule has 0 amide bonds. The van der Waals surface area contributed by atoms with Gasteiger partial charge < -0.3 is 5.32 Å². The first-order chi connectivity index (χ1) is 9.87. The number of nitrogens with zero attached hydrogens (tertiary/aromatic N) is 2. The Labute approximate surface area is 128 Å². The average Bonchev–Trinajstić information content (AvgIpc) is 2.44. The molecule has 0 aliphatic carbocycles. The lowest BCUT2D eigenvalue weighted by Gasteiger charge is -2.15. The maximum atomic E-state index is 11.9. The number of anilines is 1. The van der Waals surface area contributed by atoms with Crippen LogP contribution in [0.1, 0.15) is 46.0 Å². The largest absolute Gasteiger partial charge is 0.368 e. The zero-order chi connectivity index (χ0) is 15.9. The molecule has 1 atom stereocenters. The van der Waals surface area contributed by atoms with Crippen LogP contribution in [-0.4, -0.2) is 37.8 Å². The van der Waals surface area contributed by atoms with E-state index in [0.29, 0.717) is 6.04 Å². The standard InChI is InChI=1S/C15H27N3O2S/c1-5-6-7-8-9-13(2)17-15-11-10-14(12-16-15)21(19,20)18(3)4/h10-13H,5-9H2,1-4H3,(H,16,17). The van der Waals surface area contributed by atoms with E-state index in [9.17, 15) is 8.42 Å². The van der Waals surface area contributed by atoms with Gasteiger partial charge in [0.1, 0.15) is 10.7 Å². The van der Waals surface area contributed by atoms with Crippen LogP contribution in [0.3, 0.4) is 0 Å². The second-order valence-corrected chi connectivity index (χ2v) is 7.71. The molecule has 1 N–H and O–H groups in total. The van der Waals surface area contributed by atoms with Crippen LogP contribution in [0.15, 0.2) is 23.2 Å². The Kier molecular flexibility index (Phi) is 7.11. The minimum absolute atomic E-state index is 0.216. The molecular weight excluding hydrogens is 286 g/mol. The van der Waals surface area contributed by atoms with Gasteiger partial charge in [0, 0.05) is 26.3 Å². The summed E-state index contributed by atoms with van der Waals surface area (Å²) in [6.07, 6.45) is 7.49. The lowest BCUT2D eigenvalue weighted by molar-refractivity contribution is 0.520. The van der Waals surface area contributed by atoms with Gasteiger partial charge in [-0.25, -0.2) is 17.7 Å². The summed E-state index contributed by atoms with van der Waals surface area (Å²) in [7, 11) is -0.372. The van der Waals surface area contributed by atoms with Crippen molar-refractivity contribution in [3.8, 4) is 0 Å². The molecule has 6 heteroatoms. The maximum Gasteiger partial charge on any atom is 0.244 e. The van der Waals surface area contributed by atoms with Crippen LogP contribution in [0, 0.1) is 0 Å². The van der Waals surface area contributed by atoms with E-state index in [2.05, 4.69) is 24.1 Å². The molecule has 0 saturated carbocycles. The number of nitrogens with one attached hydrogen (secondary N) is 1. The molecule has 0 spiro atoms. The number of sulfonamides is 1. The monoisotopic (exact) mass is 313 g/mol. The highest BCUT2D eigenvalue weighted by Crippen LogP contribution is 2.15. The summed E-state index contributed by atoms with van der Waals surface area (Å²) in [5.41, 5.74) is 0. The van der Waals surface area contributed by atoms with Gasteiger partial charge in [-0.3, -0.25) is 0 Å². The molecule has 21 heavy (non-hydrogen) atoms. The van der Waals surface area contributed by atoms with Crippen LogP contribution < -0.4 is 5.32 Å². The minimum atomic E-state index is -3.40. The van der Waals surface area contributed by atoms with Gasteiger partial charge >= 0.3 is 0 Å². The van der Waals surface area contributed by atoms with Gasteiger partial charge in [0.15, 0.2) is 0 Å². The van der Waals surface area contributed by atoms with Gasteiger partial charge in [-0.1, -0.05) is 32.6 Å². The SMILES string of the molecule is CCCCCCC(C)Nc1ccc(S(=O)(=O)N(C)C)cn1. The Bertz CT molecular complexity index is 512. The van der Waals surface area contributed by atoms with Crippen molar-refractivity contribution in [3.63, 3.8) is 0 Å². The summed E-state index contributed by atoms with van der Waals surface area (Å²) >= 11 is 0. The second-order valence-electron chi connectivity index (χ2n) is 5.56. The number of pyridine rings is 1. The second kappa shape index (κ2) is 8.34. The minimum Gasteiger partial charge on any atom is -0.368 e. The van der Waals surface area contributed by atoms with Crippen molar-refractivity contribution in [2.45, 2.75) is 56.9 Å². The predicted octanol–water partition coefficient (Wildman–Crippen LogP) is 3.10. The van der Waals surface area contributed by atoms with Crippen LogP contribution in [0.2, 0.25) is 0 Å². The van der Waals surface area contributed by atoms with Gasteiger partial charge in [0.2, 0.25) is 10.0 Å². The molecule has 0 aromatic carbocycles. The molecule has 1 aromatic rings. The molecule has 0 aliphatic heterocycles.